The molecule has 0 radical (unpaired) electrons. The molecule has 0 saturated carbocycles. The van der Waals surface area contributed by atoms with E-state index < -0.39 is 11.9 Å². The first-order valence-corrected chi connectivity index (χ1v) is 2.04. The van der Waals surface area contributed by atoms with Crippen LogP contribution in [0, 0.1) is 0 Å². The molecule has 0 amide bonds. The lowest BCUT2D eigenvalue weighted by Gasteiger charge is -1.72. The molecule has 0 aliphatic carbocycles. The van der Waals surface area contributed by atoms with E-state index in [0.717, 1.165) is 0 Å². The van der Waals surface area contributed by atoms with E-state index in [1.165, 1.54) is 0 Å². The highest BCUT2D eigenvalue weighted by Crippen LogP contribution is 1.56. The summed E-state index contributed by atoms with van der Waals surface area (Å²) in [5.41, 5.74) is 9.39. The zero-order valence-electron chi connectivity index (χ0n) is 5.07. The van der Waals surface area contributed by atoms with Crippen molar-refractivity contribution < 1.29 is 19.8 Å². The predicted molar refractivity (Wildman–Crippen MR) is 32.8 cm³/mol. The van der Waals surface area contributed by atoms with E-state index in [4.69, 9.17) is 31.3 Å². The molecule has 0 bridgehead atoms. The lowest BCUT2D eigenvalue weighted by atomic mass is 10.7. The highest BCUT2D eigenvalue weighted by molar-refractivity contribution is 6.27. The summed E-state index contributed by atoms with van der Waals surface area (Å²) in [6, 6.07) is 0. The van der Waals surface area contributed by atoms with Gasteiger partial charge in [-0.1, -0.05) is 6.58 Å². The van der Waals surface area contributed by atoms with E-state index in [1.807, 2.05) is 0 Å². The third-order valence-corrected chi connectivity index (χ3v) is 0.183. The molecular formula is C4H8N2O4. The van der Waals surface area contributed by atoms with Gasteiger partial charge in [0.1, 0.15) is 0 Å². The van der Waals surface area contributed by atoms with E-state index in [1.54, 1.807) is 0 Å². The fourth-order valence-corrected chi connectivity index (χ4v) is 0. The second-order valence-corrected chi connectivity index (χ2v) is 1.19. The summed E-state index contributed by atoms with van der Waals surface area (Å²) in [6.45, 7) is 3.11. The molecule has 0 aromatic rings. The molecular weight excluding hydrogens is 140 g/mol. The average Bonchev–Trinajstić information content (AvgIpc) is 1.63. The Kier molecular flexibility index (Phi) is 6.03. The van der Waals surface area contributed by atoms with Crippen LogP contribution < -0.4 is 11.5 Å². The van der Waals surface area contributed by atoms with Gasteiger partial charge in [0, 0.05) is 0 Å². The molecule has 10 heavy (non-hydrogen) atoms. The van der Waals surface area contributed by atoms with Crippen molar-refractivity contribution in [2.75, 3.05) is 0 Å². The Balaban J connectivity index is 0. The Bertz CT molecular complexity index is 137. The number of hydrogen-bond acceptors (Lipinski definition) is 4. The normalized spacial score (nSPS) is 6.80. The smallest absolute Gasteiger partial charge is 0.414 e. The van der Waals surface area contributed by atoms with Crippen molar-refractivity contribution in [2.45, 2.75) is 0 Å². The molecule has 0 aliphatic rings. The zero-order valence-corrected chi connectivity index (χ0v) is 5.07. The van der Waals surface area contributed by atoms with E-state index in [-0.39, 0.29) is 5.82 Å². The first kappa shape index (κ1) is 11.1. The van der Waals surface area contributed by atoms with E-state index in [2.05, 4.69) is 6.58 Å². The third-order valence-electron chi connectivity index (χ3n) is 0.183. The monoisotopic (exact) mass is 148 g/mol. The maximum absolute atomic E-state index is 9.10. The van der Waals surface area contributed by atoms with Crippen molar-refractivity contribution in [3.63, 3.8) is 0 Å². The van der Waals surface area contributed by atoms with E-state index in [9.17, 15) is 0 Å². The number of hydrogen-bond donors (Lipinski definition) is 4. The van der Waals surface area contributed by atoms with Crippen LogP contribution >= 0.6 is 0 Å². The molecule has 0 unspecified atom stereocenters. The molecule has 0 spiro atoms. The molecule has 0 aromatic heterocycles. The van der Waals surface area contributed by atoms with Crippen LogP contribution in [0.1, 0.15) is 0 Å². The van der Waals surface area contributed by atoms with Gasteiger partial charge in [-0.05, 0) is 0 Å². The quantitative estimate of drug-likeness (QED) is 0.310. The molecule has 6 heteroatoms. The highest BCUT2D eigenvalue weighted by Gasteiger charge is 2.04. The largest absolute Gasteiger partial charge is 0.473 e. The van der Waals surface area contributed by atoms with Crippen molar-refractivity contribution in [3.05, 3.63) is 12.4 Å². The zero-order chi connectivity index (χ0) is 8.73. The number of carboxylic acid groups (broad SMARTS) is 2. The summed E-state index contributed by atoms with van der Waals surface area (Å²) >= 11 is 0. The molecule has 0 atom stereocenters. The van der Waals surface area contributed by atoms with E-state index >= 15 is 0 Å². The van der Waals surface area contributed by atoms with Crippen molar-refractivity contribution >= 4 is 11.9 Å². The van der Waals surface area contributed by atoms with Crippen molar-refractivity contribution in [1.82, 2.24) is 0 Å². The Morgan fingerprint density at radius 3 is 1.20 bits per heavy atom. The van der Waals surface area contributed by atoms with Gasteiger partial charge in [0.25, 0.3) is 0 Å². The maximum Gasteiger partial charge on any atom is 0.414 e. The first-order chi connectivity index (χ1) is 4.37. The molecule has 0 heterocycles. The second-order valence-electron chi connectivity index (χ2n) is 1.19. The third kappa shape index (κ3) is 33.7. The van der Waals surface area contributed by atoms with Crippen molar-refractivity contribution in [1.29, 1.82) is 0 Å². The standard InChI is InChI=1S/C2H6N2.C2H2O4/c1-2(3)4;3-1(4)2(5)6/h1,3-4H2;(H,3,4)(H,5,6). The van der Waals surface area contributed by atoms with E-state index in [0.29, 0.717) is 0 Å². The first-order valence-electron chi connectivity index (χ1n) is 2.04. The summed E-state index contributed by atoms with van der Waals surface area (Å²) < 4.78 is 0. The fourth-order valence-electron chi connectivity index (χ4n) is 0. The Labute approximate surface area is 56.7 Å². The molecule has 58 valence electrons. The van der Waals surface area contributed by atoms with Crippen LogP contribution in [0.3, 0.4) is 0 Å². The van der Waals surface area contributed by atoms with Crippen molar-refractivity contribution in [2.24, 2.45) is 11.5 Å². The molecule has 0 aliphatic heterocycles. The molecule has 0 aromatic carbocycles. The van der Waals surface area contributed by atoms with Gasteiger partial charge < -0.3 is 21.7 Å². The van der Waals surface area contributed by atoms with Gasteiger partial charge in [-0.15, -0.1) is 0 Å². The number of carbonyl (C=O) groups is 2. The summed E-state index contributed by atoms with van der Waals surface area (Å²) in [5.74, 6) is -3.48. The number of aliphatic carboxylic acids is 2. The number of rotatable bonds is 0. The van der Waals surface area contributed by atoms with Crippen LogP contribution in [-0.4, -0.2) is 22.2 Å². The van der Waals surface area contributed by atoms with Crippen LogP contribution in [0.2, 0.25) is 0 Å². The predicted octanol–water partition coefficient (Wildman–Crippen LogP) is -1.47. The van der Waals surface area contributed by atoms with Gasteiger partial charge in [0.05, 0.1) is 5.82 Å². The number of carboxylic acids is 2. The van der Waals surface area contributed by atoms with Gasteiger partial charge in [-0.2, -0.15) is 0 Å². The van der Waals surface area contributed by atoms with Crippen LogP contribution in [0.25, 0.3) is 0 Å². The van der Waals surface area contributed by atoms with Crippen LogP contribution in [0.5, 0.6) is 0 Å². The Hall–Kier alpha value is -1.72. The Morgan fingerprint density at radius 1 is 1.10 bits per heavy atom. The molecule has 0 rings (SSSR count). The fraction of sp³-hybridized carbons (Fsp3) is 0. The highest BCUT2D eigenvalue weighted by atomic mass is 16.4. The number of nitrogens with two attached hydrogens (primary N) is 2. The lowest BCUT2D eigenvalue weighted by Crippen LogP contribution is -2.09. The summed E-state index contributed by atoms with van der Waals surface area (Å²) in [4.78, 5) is 18.2. The maximum atomic E-state index is 9.10. The molecule has 6 N–H and O–H groups in total. The van der Waals surface area contributed by atoms with Gasteiger partial charge in [-0.3, -0.25) is 0 Å². The summed E-state index contributed by atoms with van der Waals surface area (Å²) in [6.07, 6.45) is 0. The van der Waals surface area contributed by atoms with Gasteiger partial charge in [0.15, 0.2) is 0 Å². The molecule has 6 nitrogen and oxygen atoms in total. The lowest BCUT2D eigenvalue weighted by molar-refractivity contribution is -0.159. The van der Waals surface area contributed by atoms with Crippen molar-refractivity contribution in [3.8, 4) is 0 Å². The molecule has 0 fully saturated rings. The minimum Gasteiger partial charge on any atom is -0.473 e. The minimum atomic E-state index is -1.82. The second kappa shape index (κ2) is 5.42. The van der Waals surface area contributed by atoms with Gasteiger partial charge in [0.2, 0.25) is 0 Å². The van der Waals surface area contributed by atoms with Crippen LogP contribution in [0.4, 0.5) is 0 Å². The summed E-state index contributed by atoms with van der Waals surface area (Å²) in [7, 11) is 0. The van der Waals surface area contributed by atoms with Gasteiger partial charge >= 0.3 is 11.9 Å². The SMILES string of the molecule is C=C(N)N.O=C(O)C(=O)O. The van der Waals surface area contributed by atoms with Gasteiger partial charge in [-0.25, -0.2) is 9.59 Å². The molecule has 0 saturated heterocycles. The van der Waals surface area contributed by atoms with Crippen LogP contribution in [0.15, 0.2) is 12.4 Å². The van der Waals surface area contributed by atoms with Crippen LogP contribution in [-0.2, 0) is 9.59 Å². The Morgan fingerprint density at radius 2 is 1.20 bits per heavy atom. The summed E-state index contributed by atoms with van der Waals surface area (Å²) in [5, 5.41) is 14.8. The average molecular weight is 148 g/mol. The minimum absolute atomic E-state index is 0.167. The topological polar surface area (TPSA) is 127 Å².